The summed E-state index contributed by atoms with van der Waals surface area (Å²) >= 11 is 7.91. The van der Waals surface area contributed by atoms with Crippen molar-refractivity contribution < 1.29 is 40.7 Å². The first-order valence-corrected chi connectivity index (χ1v) is 27.7. The van der Waals surface area contributed by atoms with E-state index in [1.165, 1.54) is 5.56 Å². The van der Waals surface area contributed by atoms with Crippen molar-refractivity contribution in [3.05, 3.63) is 289 Å². The van der Waals surface area contributed by atoms with E-state index in [9.17, 15) is 0 Å². The van der Waals surface area contributed by atoms with Crippen molar-refractivity contribution in [2.45, 2.75) is 29.2 Å². The molecule has 0 atom stereocenters. The van der Waals surface area contributed by atoms with Crippen molar-refractivity contribution >= 4 is 131 Å². The standard InChI is InChI=1S/C38H23NO2.C20H12ClNO.C19H14S.3CH4/c1-3-11-24(12-4-1)27-16-9-18-30-29-22-21-25(23-34(29)40-36(27)30)28-17-10-19-32-35-38(41-37(28)32)31-15-7-8-20-33(31)39(35)26-13-5-2-6-14-26;21-16-11-6-10-15-18-20(23-19(15)16)14-9-4-5-12-17(14)22(18)13-7-2-1-3-8-13;1-13-7-5-11-16-17-12-6-10-15(19(17)20-18(13)16)14-8-3-2-4-9-14;;;/h1-23H;1-12H;2-12H,1H3;3*1H4/i1D,2D,3D,4D,5D,6D,11D,12D,13D,14D;1D,2D,3D,7D,8D;2D,3D,4D,8D,9D;;;. The second-order valence-corrected chi connectivity index (χ2v) is 21.2. The highest BCUT2D eigenvalue weighted by Gasteiger charge is 2.23. The number of thiophene rings is 1. The summed E-state index contributed by atoms with van der Waals surface area (Å²) in [5.41, 5.74) is 9.70. The lowest BCUT2D eigenvalue weighted by atomic mass is 10.00. The van der Waals surface area contributed by atoms with Crippen LogP contribution in [0.4, 0.5) is 0 Å². The smallest absolute Gasteiger partial charge is 0.161 e. The van der Waals surface area contributed by atoms with Crippen LogP contribution in [0.5, 0.6) is 0 Å². The van der Waals surface area contributed by atoms with E-state index in [-0.39, 0.29) is 123 Å². The van der Waals surface area contributed by atoms with Crippen LogP contribution in [-0.4, -0.2) is 9.13 Å². The first kappa shape index (κ1) is 37.1. The third-order valence-electron chi connectivity index (χ3n) is 15.0. The lowest BCUT2D eigenvalue weighted by Gasteiger charge is -2.08. The van der Waals surface area contributed by atoms with E-state index < -0.39 is 42.3 Å². The van der Waals surface area contributed by atoms with Crippen LogP contribution in [0.1, 0.15) is 55.3 Å². The molecule has 0 N–H and O–H groups in total. The number of benzene rings is 12. The van der Waals surface area contributed by atoms with Crippen LogP contribution >= 0.6 is 22.9 Å². The molecule has 0 amide bonds. The van der Waals surface area contributed by atoms with E-state index in [4.69, 9.17) is 52.3 Å². The molecule has 0 saturated carbocycles. The molecule has 0 aliphatic heterocycles. The van der Waals surface area contributed by atoms with Gasteiger partial charge in [0.05, 0.1) is 43.5 Å². The van der Waals surface area contributed by atoms with Crippen LogP contribution in [-0.2, 0) is 0 Å². The van der Waals surface area contributed by atoms with Crippen LogP contribution in [0.25, 0.3) is 153 Å². The lowest BCUT2D eigenvalue weighted by Crippen LogP contribution is -1.92. The number of rotatable bonds is 5. The molecule has 18 aromatic rings. The molecule has 5 nitrogen and oxygen atoms in total. The van der Waals surface area contributed by atoms with Crippen molar-refractivity contribution in [1.82, 2.24) is 9.13 Å². The van der Waals surface area contributed by atoms with Crippen molar-refractivity contribution in [3.63, 3.8) is 0 Å². The molecule has 6 aromatic heterocycles. The Morgan fingerprint density at radius 3 is 1.39 bits per heavy atom. The van der Waals surface area contributed by atoms with Gasteiger partial charge in [0.2, 0.25) is 0 Å². The summed E-state index contributed by atoms with van der Waals surface area (Å²) in [5, 5.41) is 7.02. The number of furan rings is 3. The minimum atomic E-state index is -0.470. The van der Waals surface area contributed by atoms with E-state index in [1.54, 1.807) is 44.7 Å². The predicted octanol–water partition coefficient (Wildman–Crippen LogP) is 24.9. The molecular weight excluding hydrogens is 1100 g/mol. The summed E-state index contributed by atoms with van der Waals surface area (Å²) in [5.74, 6) is 0. The minimum absolute atomic E-state index is 0. The SMILES string of the molecule is C.C.C.[2H]c1c([2H])c([2H])c(-c2cccc3c2oc2cc(-c4cccc5c4oc4c6ccccc6n(-c6c([2H])c([2H])c([2H])c([2H])c6[2H])c54)ccc23)c([2H])c1[2H].[2H]c1c([2H])c([2H])c(-c2cccc3c2sc2c(C)cccc23)c([2H])c1[2H].[2H]c1c([2H])c([2H])c(-n2c3ccccc3c3oc4c(Cl)cccc4c32)c([2H])c1[2H]. The topological polar surface area (TPSA) is 49.3 Å². The zero-order valence-corrected chi connectivity index (χ0v) is 45.5. The van der Waals surface area contributed by atoms with Gasteiger partial charge in [-0.05, 0) is 114 Å². The highest BCUT2D eigenvalue weighted by Crippen LogP contribution is 2.46. The molecule has 0 unspecified atom stereocenters. The quantitative estimate of drug-likeness (QED) is 0.173. The zero-order valence-electron chi connectivity index (χ0n) is 63.9. The van der Waals surface area contributed by atoms with Gasteiger partial charge in [0.1, 0.15) is 27.8 Å². The molecule has 0 fully saturated rings. The van der Waals surface area contributed by atoms with Crippen molar-refractivity contribution in [3.8, 4) is 44.8 Å². The van der Waals surface area contributed by atoms with Crippen LogP contribution in [0, 0.1) is 6.92 Å². The fraction of sp³-hybridized carbons (Fsp3) is 0.0500. The van der Waals surface area contributed by atoms with Gasteiger partial charge >= 0.3 is 0 Å². The van der Waals surface area contributed by atoms with Gasteiger partial charge in [0.15, 0.2) is 16.7 Å². The first-order chi connectivity index (χ1) is 49.8. The molecule has 0 radical (unpaired) electrons. The highest BCUT2D eigenvalue weighted by molar-refractivity contribution is 7.26. The van der Waals surface area contributed by atoms with Crippen molar-refractivity contribution in [2.75, 3.05) is 0 Å². The molecule has 0 bridgehead atoms. The number of para-hydroxylation sites is 7. The van der Waals surface area contributed by atoms with E-state index >= 15 is 0 Å². The average molecular weight is 1190 g/mol. The van der Waals surface area contributed by atoms with E-state index in [0.29, 0.717) is 82.5 Å². The van der Waals surface area contributed by atoms with Crippen molar-refractivity contribution in [2.24, 2.45) is 0 Å². The Bertz CT molecular complexity index is 6690. The van der Waals surface area contributed by atoms with Gasteiger partial charge in [-0.15, -0.1) is 11.3 Å². The Labute approximate surface area is 541 Å². The molecule has 422 valence electrons. The molecule has 0 aliphatic carbocycles. The van der Waals surface area contributed by atoms with Gasteiger partial charge in [-0.1, -0.05) is 234 Å². The number of hydrogen-bond acceptors (Lipinski definition) is 4. The number of nitrogens with zero attached hydrogens (tertiary/aromatic N) is 2. The number of hydrogen-bond donors (Lipinski definition) is 0. The lowest BCUT2D eigenvalue weighted by molar-refractivity contribution is 0.669. The third kappa shape index (κ3) is 9.24. The predicted molar refractivity (Wildman–Crippen MR) is 374 cm³/mol. The molecule has 87 heavy (non-hydrogen) atoms. The first-order valence-electron chi connectivity index (χ1n) is 36.5. The number of fused-ring (bicyclic) bond motifs is 16. The van der Waals surface area contributed by atoms with Gasteiger partial charge in [0, 0.05) is 75.0 Å². The van der Waals surface area contributed by atoms with Crippen LogP contribution in [0.15, 0.2) is 292 Å². The highest BCUT2D eigenvalue weighted by atomic mass is 35.5. The largest absolute Gasteiger partial charge is 0.455 e. The molecular formula is C80H61ClN2O3S. The summed E-state index contributed by atoms with van der Waals surface area (Å²) < 4.78 is 189. The van der Waals surface area contributed by atoms with Crippen LogP contribution in [0.2, 0.25) is 5.02 Å². The maximum atomic E-state index is 8.76. The van der Waals surface area contributed by atoms with Crippen LogP contribution < -0.4 is 0 Å². The van der Waals surface area contributed by atoms with E-state index in [2.05, 4.69) is 19.1 Å². The molecule has 18 rings (SSSR count). The summed E-state index contributed by atoms with van der Waals surface area (Å²) in [7, 11) is 0. The molecule has 0 spiro atoms. The summed E-state index contributed by atoms with van der Waals surface area (Å²) in [6.45, 7) is 2.06. The maximum absolute atomic E-state index is 8.76. The summed E-state index contributed by atoms with van der Waals surface area (Å²) in [6.07, 6.45) is 0. The fourth-order valence-electron chi connectivity index (χ4n) is 11.4. The van der Waals surface area contributed by atoms with Crippen LogP contribution in [0.3, 0.4) is 0 Å². The molecule has 0 aliphatic rings. The summed E-state index contributed by atoms with van der Waals surface area (Å²) in [6, 6.07) is 41.8. The number of aromatic nitrogens is 2. The Morgan fingerprint density at radius 1 is 0.356 bits per heavy atom. The van der Waals surface area contributed by atoms with Gasteiger partial charge in [-0.2, -0.15) is 0 Å². The minimum Gasteiger partial charge on any atom is -0.455 e. The molecule has 12 aromatic carbocycles. The van der Waals surface area contributed by atoms with Gasteiger partial charge in [-0.3, -0.25) is 0 Å². The van der Waals surface area contributed by atoms with E-state index in [0.717, 1.165) is 52.8 Å². The molecule has 6 heterocycles. The monoisotopic (exact) mass is 1180 g/mol. The number of halogens is 1. The second-order valence-electron chi connectivity index (χ2n) is 19.7. The molecule has 7 heteroatoms. The average Bonchev–Trinajstić information content (AvgIpc) is 1.53. The number of aryl methyl sites for hydroxylation is 1. The Hall–Kier alpha value is -10.4. The van der Waals surface area contributed by atoms with E-state index in [1.807, 2.05) is 121 Å². The Balaban J connectivity index is 0.000000153. The second kappa shape index (κ2) is 22.9. The maximum Gasteiger partial charge on any atom is 0.161 e. The van der Waals surface area contributed by atoms with Gasteiger partial charge < -0.3 is 22.4 Å². The third-order valence-corrected chi connectivity index (χ3v) is 16.7. The van der Waals surface area contributed by atoms with Crippen molar-refractivity contribution in [1.29, 1.82) is 0 Å². The zero-order chi connectivity index (χ0) is 73.2. The molecule has 0 saturated heterocycles. The van der Waals surface area contributed by atoms with Gasteiger partial charge in [-0.25, -0.2) is 0 Å². The fourth-order valence-corrected chi connectivity index (χ4v) is 12.9. The van der Waals surface area contributed by atoms with Gasteiger partial charge in [0.25, 0.3) is 0 Å². The Morgan fingerprint density at radius 2 is 0.793 bits per heavy atom. The summed E-state index contributed by atoms with van der Waals surface area (Å²) in [4.78, 5) is 0. The Kier molecular flexibility index (Phi) is 9.78. The normalized spacial score (nSPS) is 14.5.